The molecule has 0 radical (unpaired) electrons. The summed E-state index contributed by atoms with van der Waals surface area (Å²) >= 11 is 0. The first-order valence-corrected chi connectivity index (χ1v) is 11.8. The second-order valence-corrected chi connectivity index (χ2v) is 11.4. The van der Waals surface area contributed by atoms with Gasteiger partial charge in [-0.25, -0.2) is 0 Å². The van der Waals surface area contributed by atoms with Crippen molar-refractivity contribution in [1.82, 2.24) is 0 Å². The molecule has 31 heavy (non-hydrogen) atoms. The van der Waals surface area contributed by atoms with Crippen LogP contribution in [0.15, 0.2) is 0 Å². The Morgan fingerprint density at radius 2 is 1.74 bits per heavy atom. The van der Waals surface area contributed by atoms with Gasteiger partial charge in [0.15, 0.2) is 0 Å². The van der Waals surface area contributed by atoms with Gasteiger partial charge in [0.05, 0.1) is 18.3 Å². The van der Waals surface area contributed by atoms with E-state index in [1.165, 1.54) is 0 Å². The number of carboxylic acids is 1. The molecule has 4 unspecified atom stereocenters. The van der Waals surface area contributed by atoms with Crippen LogP contribution in [0.2, 0.25) is 0 Å². The van der Waals surface area contributed by atoms with Crippen molar-refractivity contribution in [2.75, 3.05) is 0 Å². The summed E-state index contributed by atoms with van der Waals surface area (Å²) in [6.07, 6.45) is 5.72. The monoisotopic (exact) mass is 448 g/mol. The second-order valence-electron chi connectivity index (χ2n) is 11.4. The fraction of sp³-hybridized carbons (Fsp3) is 0.958. The normalized spacial score (nSPS) is 49.5. The average Bonchev–Trinajstić information content (AvgIpc) is 3.01. The summed E-state index contributed by atoms with van der Waals surface area (Å²) in [6, 6.07) is 0. The molecule has 0 bridgehead atoms. The predicted octanol–water partition coefficient (Wildman–Crippen LogP) is -1.71. The van der Waals surface area contributed by atoms with Gasteiger partial charge in [-0.05, 0) is 104 Å². The van der Waals surface area contributed by atoms with Crippen LogP contribution >= 0.6 is 0 Å². The van der Waals surface area contributed by atoms with Crippen LogP contribution in [-0.2, 0) is 4.79 Å². The van der Waals surface area contributed by atoms with Gasteiger partial charge < -0.3 is 30.7 Å². The van der Waals surface area contributed by atoms with Crippen molar-refractivity contribution in [2.24, 2.45) is 46.3 Å². The molecule has 5 N–H and O–H groups in total. The molecule has 4 aliphatic rings. The Balaban J connectivity index is 0.00000171. The molecule has 6 nitrogen and oxygen atoms in total. The number of aliphatic hydroxyl groups excluding tert-OH is 3. The number of aliphatic hydroxyl groups is 3. The van der Waals surface area contributed by atoms with Crippen molar-refractivity contribution in [3.05, 3.63) is 0 Å². The molecule has 0 aliphatic heterocycles. The quantitative estimate of drug-likeness (QED) is 0.441. The molecule has 0 aromatic rings. The van der Waals surface area contributed by atoms with Crippen molar-refractivity contribution in [1.29, 1.82) is 0 Å². The van der Waals surface area contributed by atoms with Gasteiger partial charge in [0, 0.05) is 5.97 Å². The minimum absolute atomic E-state index is 0. The smallest absolute Gasteiger partial charge is 0.550 e. The van der Waals surface area contributed by atoms with Crippen LogP contribution in [0, 0.1) is 46.3 Å². The SMILES string of the molecule is C[C@H](CCC(=O)[O-])[C@H]1CCC2C3C(O)C[C@@H]4C[C@H](O)CC[C@]4(C)C3C[C@H](O)[C@@]21C.O.[Na+]. The van der Waals surface area contributed by atoms with Crippen LogP contribution in [0.3, 0.4) is 0 Å². The number of rotatable bonds is 4. The molecule has 4 saturated carbocycles. The predicted molar refractivity (Wildman–Crippen MR) is 111 cm³/mol. The van der Waals surface area contributed by atoms with Gasteiger partial charge in [0.25, 0.3) is 0 Å². The molecule has 4 fully saturated rings. The van der Waals surface area contributed by atoms with Gasteiger partial charge in [-0.15, -0.1) is 0 Å². The van der Waals surface area contributed by atoms with E-state index < -0.39 is 12.1 Å². The average molecular weight is 449 g/mol. The maximum atomic E-state index is 11.5. The van der Waals surface area contributed by atoms with E-state index in [2.05, 4.69) is 20.8 Å². The van der Waals surface area contributed by atoms with E-state index in [0.717, 1.165) is 44.9 Å². The number of carboxylic acid groups (broad SMARTS) is 1. The van der Waals surface area contributed by atoms with Crippen molar-refractivity contribution in [3.63, 3.8) is 0 Å². The van der Waals surface area contributed by atoms with E-state index in [9.17, 15) is 25.2 Å². The Morgan fingerprint density at radius 1 is 1.06 bits per heavy atom. The maximum Gasteiger partial charge on any atom is 1.00 e. The summed E-state index contributed by atoms with van der Waals surface area (Å²) in [5.74, 6) is 0.635. The molecule has 0 aromatic heterocycles. The summed E-state index contributed by atoms with van der Waals surface area (Å²) in [4.78, 5) is 11.0. The number of aliphatic carboxylic acids is 1. The number of carbonyl (C=O) groups is 1. The molecule has 11 atom stereocenters. The van der Waals surface area contributed by atoms with E-state index in [0.29, 0.717) is 18.3 Å². The van der Waals surface area contributed by atoms with Crippen LogP contribution in [0.4, 0.5) is 0 Å². The van der Waals surface area contributed by atoms with Crippen molar-refractivity contribution >= 4 is 5.97 Å². The summed E-state index contributed by atoms with van der Waals surface area (Å²) in [7, 11) is 0. The van der Waals surface area contributed by atoms with Crippen LogP contribution in [0.1, 0.15) is 78.6 Å². The Kier molecular flexibility index (Phi) is 8.79. The van der Waals surface area contributed by atoms with Crippen molar-refractivity contribution in [2.45, 2.75) is 96.9 Å². The molecule has 7 heteroatoms. The summed E-state index contributed by atoms with van der Waals surface area (Å²) in [5, 5.41) is 43.9. The third kappa shape index (κ3) is 4.40. The van der Waals surface area contributed by atoms with Crippen LogP contribution in [0.25, 0.3) is 0 Å². The molecule has 0 amide bonds. The standard InChI is InChI=1S/C24H40O5.Na.H2O/c1-13(4-7-21(28)29)16-5-6-17-22-18(12-20(27)24(16,17)3)23(2)9-8-15(25)10-14(23)11-19(22)26;;/h13-20,22,25-27H,4-12H2,1-3H3,(H,28,29);;1H2/q;+1;/p-1/t13-,14+,15-,16-,17?,18?,19?,20+,22?,23+,24-;;/m1../s1. The molecule has 174 valence electrons. The van der Waals surface area contributed by atoms with E-state index in [1.807, 2.05) is 0 Å². The summed E-state index contributed by atoms with van der Waals surface area (Å²) < 4.78 is 0. The Morgan fingerprint density at radius 3 is 2.39 bits per heavy atom. The van der Waals surface area contributed by atoms with E-state index in [1.54, 1.807) is 0 Å². The van der Waals surface area contributed by atoms with Crippen molar-refractivity contribution < 1.29 is 60.3 Å². The fourth-order valence-corrected chi connectivity index (χ4v) is 8.68. The van der Waals surface area contributed by atoms with Gasteiger partial charge in [0.1, 0.15) is 0 Å². The Labute approximate surface area is 208 Å². The van der Waals surface area contributed by atoms with Gasteiger partial charge >= 0.3 is 29.6 Å². The van der Waals surface area contributed by atoms with Crippen molar-refractivity contribution in [3.8, 4) is 0 Å². The first-order chi connectivity index (χ1) is 13.6. The minimum Gasteiger partial charge on any atom is -0.550 e. The first-order valence-electron chi connectivity index (χ1n) is 11.8. The third-order valence-corrected chi connectivity index (χ3v) is 10.3. The topological polar surface area (TPSA) is 132 Å². The molecular formula is C24H41NaO6. The first kappa shape index (κ1) is 27.6. The zero-order chi connectivity index (χ0) is 21.1. The summed E-state index contributed by atoms with van der Waals surface area (Å²) in [6.45, 7) is 6.67. The minimum atomic E-state index is -0.998. The maximum absolute atomic E-state index is 11.5. The fourth-order valence-electron chi connectivity index (χ4n) is 8.68. The van der Waals surface area contributed by atoms with E-state index >= 15 is 0 Å². The molecule has 4 aliphatic carbocycles. The molecule has 4 rings (SSSR count). The van der Waals surface area contributed by atoms with E-state index in [-0.39, 0.29) is 88.2 Å². The second kappa shape index (κ2) is 9.89. The van der Waals surface area contributed by atoms with Crippen LogP contribution < -0.4 is 34.7 Å². The van der Waals surface area contributed by atoms with Crippen LogP contribution in [-0.4, -0.2) is 45.1 Å². The zero-order valence-electron chi connectivity index (χ0n) is 19.7. The molecule has 0 spiro atoms. The molecule has 0 heterocycles. The molecular weight excluding hydrogens is 407 g/mol. The molecule has 0 saturated heterocycles. The van der Waals surface area contributed by atoms with Gasteiger partial charge in [-0.3, -0.25) is 0 Å². The largest absolute Gasteiger partial charge is 1.00 e. The number of fused-ring (bicyclic) bond motifs is 5. The molecule has 0 aromatic carbocycles. The third-order valence-electron chi connectivity index (χ3n) is 10.3. The zero-order valence-corrected chi connectivity index (χ0v) is 21.7. The van der Waals surface area contributed by atoms with Gasteiger partial charge in [-0.2, -0.15) is 0 Å². The van der Waals surface area contributed by atoms with E-state index in [4.69, 9.17) is 0 Å². The van der Waals surface area contributed by atoms with Gasteiger partial charge in [-0.1, -0.05) is 20.8 Å². The number of hydrogen-bond donors (Lipinski definition) is 3. The Hall–Kier alpha value is 0.310. The number of hydrogen-bond acceptors (Lipinski definition) is 5. The van der Waals surface area contributed by atoms with Crippen LogP contribution in [0.5, 0.6) is 0 Å². The van der Waals surface area contributed by atoms with Gasteiger partial charge in [0.2, 0.25) is 0 Å². The Bertz CT molecular complexity index is 646. The number of carbonyl (C=O) groups excluding carboxylic acids is 1. The summed E-state index contributed by atoms with van der Waals surface area (Å²) in [5.41, 5.74) is -0.172.